The van der Waals surface area contributed by atoms with Crippen molar-refractivity contribution in [1.29, 1.82) is 0 Å². The molecule has 0 fully saturated rings. The Hall–Kier alpha value is -0.260. The molecule has 1 aliphatic rings. The van der Waals surface area contributed by atoms with Gasteiger partial charge in [0.2, 0.25) is 0 Å². The first-order valence-electron chi connectivity index (χ1n) is 3.35. The molecule has 0 aromatic heterocycles. The third-order valence-electron chi connectivity index (χ3n) is 1.73. The molecular weight excluding hydrogens is 96.1 g/mol. The van der Waals surface area contributed by atoms with E-state index in [2.05, 4.69) is 26.8 Å². The van der Waals surface area contributed by atoms with Gasteiger partial charge in [0, 0.05) is 0 Å². The maximum absolute atomic E-state index is 2.38. The van der Waals surface area contributed by atoms with Crippen molar-refractivity contribution >= 4 is 0 Å². The van der Waals surface area contributed by atoms with Gasteiger partial charge in [-0.15, -0.1) is 0 Å². The molecule has 0 radical (unpaired) electrons. The molecule has 0 aliphatic heterocycles. The lowest BCUT2D eigenvalue weighted by Crippen LogP contribution is -2.18. The summed E-state index contributed by atoms with van der Waals surface area (Å²) >= 11 is 0. The van der Waals surface area contributed by atoms with Gasteiger partial charge in [0.1, 0.15) is 0 Å². The topological polar surface area (TPSA) is 0 Å². The third-order valence-corrected chi connectivity index (χ3v) is 1.73. The molecule has 0 amide bonds. The Morgan fingerprint density at radius 2 is 2.12 bits per heavy atom. The van der Waals surface area contributed by atoms with E-state index in [-0.39, 0.29) is 0 Å². The fourth-order valence-electron chi connectivity index (χ4n) is 1.34. The average Bonchev–Trinajstić information content (AvgIpc) is 1.60. The first kappa shape index (κ1) is 5.87. The van der Waals surface area contributed by atoms with Crippen LogP contribution in [-0.2, 0) is 0 Å². The Kier molecular flexibility index (Phi) is 1.18. The predicted octanol–water partition coefficient (Wildman–Crippen LogP) is 2.75. The van der Waals surface area contributed by atoms with Crippen LogP contribution in [0, 0.1) is 5.41 Å². The molecule has 46 valence electrons. The van der Waals surface area contributed by atoms with Gasteiger partial charge in [0.15, 0.2) is 0 Å². The van der Waals surface area contributed by atoms with Crippen LogP contribution in [0.25, 0.3) is 0 Å². The van der Waals surface area contributed by atoms with Crippen molar-refractivity contribution in [3.8, 4) is 0 Å². The zero-order chi connectivity index (χ0) is 6.20. The molecule has 0 heterocycles. The van der Waals surface area contributed by atoms with Crippen LogP contribution in [0.4, 0.5) is 0 Å². The van der Waals surface area contributed by atoms with Crippen LogP contribution in [0.3, 0.4) is 0 Å². The van der Waals surface area contributed by atoms with Gasteiger partial charge in [-0.1, -0.05) is 32.4 Å². The van der Waals surface area contributed by atoms with Crippen molar-refractivity contribution in [2.24, 2.45) is 5.41 Å². The molecular formula is C8H14. The first-order chi connectivity index (χ1) is 3.64. The zero-order valence-electron chi connectivity index (χ0n) is 5.99. The van der Waals surface area contributed by atoms with E-state index in [0.717, 1.165) is 0 Å². The summed E-state index contributed by atoms with van der Waals surface area (Å²) in [4.78, 5) is 0. The highest BCUT2D eigenvalue weighted by atomic mass is 14.3. The normalized spacial score (nSPS) is 24.1. The van der Waals surface area contributed by atoms with Crippen molar-refractivity contribution in [1.82, 2.24) is 0 Å². The standard InChI is InChI=1S/C8H14/c1-4-7-5-8(2,3)6-7/h5H,4,6H2,1-3H3. The van der Waals surface area contributed by atoms with Crippen molar-refractivity contribution < 1.29 is 0 Å². The van der Waals surface area contributed by atoms with Gasteiger partial charge in [0.05, 0.1) is 0 Å². The van der Waals surface area contributed by atoms with E-state index in [4.69, 9.17) is 0 Å². The number of rotatable bonds is 1. The van der Waals surface area contributed by atoms with Crippen LogP contribution in [0.2, 0.25) is 0 Å². The highest BCUT2D eigenvalue weighted by Gasteiger charge is 2.24. The summed E-state index contributed by atoms with van der Waals surface area (Å²) in [6.07, 6.45) is 4.96. The lowest BCUT2D eigenvalue weighted by atomic mass is 9.73. The molecule has 0 aromatic rings. The fraction of sp³-hybridized carbons (Fsp3) is 0.750. The smallest absolute Gasteiger partial charge is 0.0135 e. The molecule has 0 bridgehead atoms. The largest absolute Gasteiger partial charge is 0.0793 e. The van der Waals surface area contributed by atoms with Crippen LogP contribution < -0.4 is 0 Å². The minimum Gasteiger partial charge on any atom is -0.0793 e. The summed E-state index contributed by atoms with van der Waals surface area (Å²) in [7, 11) is 0. The summed E-state index contributed by atoms with van der Waals surface area (Å²) < 4.78 is 0. The second-order valence-electron chi connectivity index (χ2n) is 3.32. The van der Waals surface area contributed by atoms with Gasteiger partial charge in [-0.3, -0.25) is 0 Å². The molecule has 0 N–H and O–H groups in total. The summed E-state index contributed by atoms with van der Waals surface area (Å²) in [5, 5.41) is 0. The van der Waals surface area contributed by atoms with Gasteiger partial charge in [-0.05, 0) is 18.3 Å². The van der Waals surface area contributed by atoms with Gasteiger partial charge in [-0.25, -0.2) is 0 Å². The number of hydrogen-bond acceptors (Lipinski definition) is 0. The SMILES string of the molecule is CCC1=CC(C)(C)C1. The summed E-state index contributed by atoms with van der Waals surface area (Å²) in [5.41, 5.74) is 2.17. The molecule has 0 aromatic carbocycles. The van der Waals surface area contributed by atoms with Gasteiger partial charge >= 0.3 is 0 Å². The average molecular weight is 110 g/mol. The lowest BCUT2D eigenvalue weighted by molar-refractivity contribution is 0.410. The van der Waals surface area contributed by atoms with Gasteiger partial charge in [0.25, 0.3) is 0 Å². The number of hydrogen-bond donors (Lipinski definition) is 0. The van der Waals surface area contributed by atoms with E-state index >= 15 is 0 Å². The van der Waals surface area contributed by atoms with Gasteiger partial charge < -0.3 is 0 Å². The van der Waals surface area contributed by atoms with Crippen molar-refractivity contribution in [2.75, 3.05) is 0 Å². The van der Waals surface area contributed by atoms with E-state index in [1.54, 1.807) is 5.57 Å². The van der Waals surface area contributed by atoms with Crippen LogP contribution >= 0.6 is 0 Å². The summed E-state index contributed by atoms with van der Waals surface area (Å²) in [6, 6.07) is 0. The Labute approximate surface area is 51.6 Å². The Balaban J connectivity index is 2.49. The highest BCUT2D eigenvalue weighted by molar-refractivity contribution is 5.20. The number of allylic oxidation sites excluding steroid dienone is 2. The van der Waals surface area contributed by atoms with E-state index in [9.17, 15) is 0 Å². The zero-order valence-corrected chi connectivity index (χ0v) is 5.99. The Morgan fingerprint density at radius 1 is 1.62 bits per heavy atom. The van der Waals surface area contributed by atoms with Crippen LogP contribution in [0.1, 0.15) is 33.6 Å². The molecule has 0 atom stereocenters. The predicted molar refractivity (Wildman–Crippen MR) is 36.8 cm³/mol. The van der Waals surface area contributed by atoms with Crippen molar-refractivity contribution in [3.05, 3.63) is 11.6 Å². The second kappa shape index (κ2) is 1.61. The fourth-order valence-corrected chi connectivity index (χ4v) is 1.34. The van der Waals surface area contributed by atoms with E-state index < -0.39 is 0 Å². The molecule has 0 spiro atoms. The monoisotopic (exact) mass is 110 g/mol. The maximum Gasteiger partial charge on any atom is -0.0135 e. The van der Waals surface area contributed by atoms with Crippen LogP contribution in [0.15, 0.2) is 11.6 Å². The third kappa shape index (κ3) is 0.936. The quantitative estimate of drug-likeness (QED) is 0.455. The second-order valence-corrected chi connectivity index (χ2v) is 3.32. The minimum atomic E-state index is 0.533. The molecule has 8 heavy (non-hydrogen) atoms. The molecule has 0 saturated carbocycles. The van der Waals surface area contributed by atoms with E-state index in [1.165, 1.54) is 12.8 Å². The lowest BCUT2D eigenvalue weighted by Gasteiger charge is -2.32. The van der Waals surface area contributed by atoms with E-state index in [1.807, 2.05) is 0 Å². The minimum absolute atomic E-state index is 0.533. The molecule has 0 heteroatoms. The molecule has 1 aliphatic carbocycles. The first-order valence-corrected chi connectivity index (χ1v) is 3.35. The highest BCUT2D eigenvalue weighted by Crippen LogP contribution is 2.38. The van der Waals surface area contributed by atoms with Crippen LogP contribution in [-0.4, -0.2) is 0 Å². The summed E-state index contributed by atoms with van der Waals surface area (Å²) in [6.45, 7) is 6.79. The Morgan fingerprint density at radius 3 is 2.25 bits per heavy atom. The van der Waals surface area contributed by atoms with Crippen molar-refractivity contribution in [2.45, 2.75) is 33.6 Å². The van der Waals surface area contributed by atoms with Crippen molar-refractivity contribution in [3.63, 3.8) is 0 Å². The maximum atomic E-state index is 2.38. The molecule has 0 nitrogen and oxygen atoms in total. The summed E-state index contributed by atoms with van der Waals surface area (Å²) in [5.74, 6) is 0. The molecule has 0 unspecified atom stereocenters. The van der Waals surface area contributed by atoms with Gasteiger partial charge in [-0.2, -0.15) is 0 Å². The molecule has 1 rings (SSSR count). The van der Waals surface area contributed by atoms with Crippen LogP contribution in [0.5, 0.6) is 0 Å². The van der Waals surface area contributed by atoms with E-state index in [0.29, 0.717) is 5.41 Å². The Bertz CT molecular complexity index is 118. The molecule has 0 saturated heterocycles.